The van der Waals surface area contributed by atoms with Gasteiger partial charge >= 0.3 is 0 Å². The van der Waals surface area contributed by atoms with E-state index in [1.807, 2.05) is 0 Å². The van der Waals surface area contributed by atoms with Crippen LogP contribution in [0.15, 0.2) is 0 Å². The largest absolute Gasteiger partial charge is 0.312 e. The first-order chi connectivity index (χ1) is 8.17. The summed E-state index contributed by atoms with van der Waals surface area (Å²) in [7, 11) is 0. The average Bonchev–Trinajstić information content (AvgIpc) is 2.25. The van der Waals surface area contributed by atoms with Crippen LogP contribution in [0, 0.1) is 11.8 Å². The quantitative estimate of drug-likeness (QED) is 0.666. The second kappa shape index (κ2) is 8.10. The van der Waals surface area contributed by atoms with Crippen LogP contribution in [-0.4, -0.2) is 37.1 Å². The van der Waals surface area contributed by atoms with Crippen LogP contribution < -0.4 is 5.32 Å². The number of rotatable bonds is 9. The van der Waals surface area contributed by atoms with Gasteiger partial charge in [-0.15, -0.1) is 0 Å². The Morgan fingerprint density at radius 3 is 2.35 bits per heavy atom. The highest BCUT2D eigenvalue weighted by molar-refractivity contribution is 4.78. The Kier molecular flexibility index (Phi) is 7.14. The number of hydrogen-bond donors (Lipinski definition) is 1. The van der Waals surface area contributed by atoms with Gasteiger partial charge < -0.3 is 10.2 Å². The summed E-state index contributed by atoms with van der Waals surface area (Å²) in [5.41, 5.74) is 0. The molecule has 0 radical (unpaired) electrons. The van der Waals surface area contributed by atoms with E-state index < -0.39 is 0 Å². The van der Waals surface area contributed by atoms with E-state index in [0.29, 0.717) is 6.04 Å². The zero-order chi connectivity index (χ0) is 12.7. The molecule has 1 unspecified atom stereocenters. The van der Waals surface area contributed by atoms with Crippen molar-refractivity contribution in [2.24, 2.45) is 11.8 Å². The fourth-order valence-electron chi connectivity index (χ4n) is 2.49. The molecule has 17 heavy (non-hydrogen) atoms. The van der Waals surface area contributed by atoms with Crippen LogP contribution in [-0.2, 0) is 0 Å². The summed E-state index contributed by atoms with van der Waals surface area (Å²) in [6.07, 6.45) is 5.62. The smallest absolute Gasteiger partial charge is 0.0217 e. The molecule has 1 N–H and O–H groups in total. The summed E-state index contributed by atoms with van der Waals surface area (Å²) in [5, 5.41) is 3.70. The lowest BCUT2D eigenvalue weighted by molar-refractivity contribution is 0.159. The molecule has 0 spiro atoms. The standard InChI is InChI=1S/C15H32N2/c1-5-10-16-15(13(3)4)12-17(6-2)11-14-8-7-9-14/h13-16H,5-12H2,1-4H3. The third-order valence-electron chi connectivity index (χ3n) is 4.10. The molecule has 2 nitrogen and oxygen atoms in total. The maximum atomic E-state index is 3.70. The Hall–Kier alpha value is -0.0800. The molecule has 0 aromatic carbocycles. The van der Waals surface area contributed by atoms with Gasteiger partial charge in [0.05, 0.1) is 0 Å². The van der Waals surface area contributed by atoms with Crippen LogP contribution in [0.5, 0.6) is 0 Å². The van der Waals surface area contributed by atoms with E-state index in [-0.39, 0.29) is 0 Å². The molecular formula is C15H32N2. The zero-order valence-electron chi connectivity index (χ0n) is 12.3. The van der Waals surface area contributed by atoms with E-state index >= 15 is 0 Å². The number of nitrogens with zero attached hydrogens (tertiary/aromatic N) is 1. The van der Waals surface area contributed by atoms with Gasteiger partial charge in [-0.3, -0.25) is 0 Å². The predicted molar refractivity (Wildman–Crippen MR) is 76.4 cm³/mol. The number of likely N-dealkylation sites (N-methyl/N-ethyl adjacent to an activating group) is 1. The first kappa shape index (κ1) is 15.0. The lowest BCUT2D eigenvalue weighted by Gasteiger charge is -2.35. The highest BCUT2D eigenvalue weighted by Crippen LogP contribution is 2.27. The van der Waals surface area contributed by atoms with Crippen LogP contribution in [0.2, 0.25) is 0 Å². The lowest BCUT2D eigenvalue weighted by Crippen LogP contribution is -2.46. The maximum absolute atomic E-state index is 3.70. The van der Waals surface area contributed by atoms with Crippen molar-refractivity contribution in [2.45, 2.75) is 59.4 Å². The number of nitrogens with one attached hydrogen (secondary N) is 1. The summed E-state index contributed by atoms with van der Waals surface area (Å²) in [6, 6.07) is 0.662. The molecule has 1 aliphatic carbocycles. The summed E-state index contributed by atoms with van der Waals surface area (Å²) in [5.74, 6) is 1.73. The van der Waals surface area contributed by atoms with Crippen LogP contribution in [0.25, 0.3) is 0 Å². The van der Waals surface area contributed by atoms with Crippen LogP contribution in [0.4, 0.5) is 0 Å². The molecular weight excluding hydrogens is 208 g/mol. The summed E-state index contributed by atoms with van der Waals surface area (Å²) >= 11 is 0. The highest BCUT2D eigenvalue weighted by atomic mass is 15.1. The molecule has 102 valence electrons. The zero-order valence-corrected chi connectivity index (χ0v) is 12.3. The van der Waals surface area contributed by atoms with Crippen molar-refractivity contribution in [3.05, 3.63) is 0 Å². The molecule has 0 aliphatic heterocycles. The summed E-state index contributed by atoms with van der Waals surface area (Å²) in [6.45, 7) is 14.1. The van der Waals surface area contributed by atoms with Crippen molar-refractivity contribution in [1.82, 2.24) is 10.2 Å². The molecule has 0 aromatic rings. The Labute approximate surface area is 108 Å². The second-order valence-electron chi connectivity index (χ2n) is 5.95. The molecule has 0 heterocycles. The van der Waals surface area contributed by atoms with Gasteiger partial charge in [0.1, 0.15) is 0 Å². The minimum absolute atomic E-state index is 0.662. The third-order valence-corrected chi connectivity index (χ3v) is 4.10. The van der Waals surface area contributed by atoms with Gasteiger partial charge in [0.2, 0.25) is 0 Å². The first-order valence-corrected chi connectivity index (χ1v) is 7.63. The summed E-state index contributed by atoms with van der Waals surface area (Å²) in [4.78, 5) is 2.65. The molecule has 1 atom stereocenters. The van der Waals surface area contributed by atoms with Gasteiger partial charge in [-0.05, 0) is 44.2 Å². The van der Waals surface area contributed by atoms with Gasteiger partial charge in [-0.1, -0.05) is 34.1 Å². The van der Waals surface area contributed by atoms with Gasteiger partial charge in [0.15, 0.2) is 0 Å². The Morgan fingerprint density at radius 2 is 1.94 bits per heavy atom. The molecule has 1 fully saturated rings. The SMILES string of the molecule is CCCNC(CN(CC)CC1CCC1)C(C)C. The molecule has 1 saturated carbocycles. The molecule has 0 aromatic heterocycles. The van der Waals surface area contributed by atoms with Crippen molar-refractivity contribution >= 4 is 0 Å². The van der Waals surface area contributed by atoms with Crippen molar-refractivity contribution in [2.75, 3.05) is 26.2 Å². The van der Waals surface area contributed by atoms with Gasteiger partial charge in [0.25, 0.3) is 0 Å². The summed E-state index contributed by atoms with van der Waals surface area (Å²) < 4.78 is 0. The number of hydrogen-bond acceptors (Lipinski definition) is 2. The van der Waals surface area contributed by atoms with E-state index in [1.165, 1.54) is 45.3 Å². The van der Waals surface area contributed by atoms with Gasteiger partial charge in [-0.2, -0.15) is 0 Å². The van der Waals surface area contributed by atoms with Crippen LogP contribution in [0.1, 0.15) is 53.4 Å². The van der Waals surface area contributed by atoms with E-state index in [1.54, 1.807) is 0 Å². The van der Waals surface area contributed by atoms with E-state index in [2.05, 4.69) is 37.9 Å². The average molecular weight is 240 g/mol. The topological polar surface area (TPSA) is 15.3 Å². The van der Waals surface area contributed by atoms with Crippen molar-refractivity contribution < 1.29 is 0 Å². The Morgan fingerprint density at radius 1 is 1.24 bits per heavy atom. The predicted octanol–water partition coefficient (Wildman–Crippen LogP) is 3.13. The van der Waals surface area contributed by atoms with Gasteiger partial charge in [0, 0.05) is 19.1 Å². The van der Waals surface area contributed by atoms with Crippen molar-refractivity contribution in [3.8, 4) is 0 Å². The van der Waals surface area contributed by atoms with Crippen LogP contribution >= 0.6 is 0 Å². The molecule has 0 amide bonds. The van der Waals surface area contributed by atoms with E-state index in [9.17, 15) is 0 Å². The monoisotopic (exact) mass is 240 g/mol. The second-order valence-corrected chi connectivity index (χ2v) is 5.95. The lowest BCUT2D eigenvalue weighted by atomic mass is 9.85. The van der Waals surface area contributed by atoms with Crippen molar-refractivity contribution in [3.63, 3.8) is 0 Å². The fraction of sp³-hybridized carbons (Fsp3) is 1.00. The Balaban J connectivity index is 2.32. The van der Waals surface area contributed by atoms with Crippen molar-refractivity contribution in [1.29, 1.82) is 0 Å². The Bertz CT molecular complexity index is 187. The molecule has 1 rings (SSSR count). The minimum Gasteiger partial charge on any atom is -0.312 e. The molecule has 1 aliphatic rings. The van der Waals surface area contributed by atoms with E-state index in [0.717, 1.165) is 18.4 Å². The van der Waals surface area contributed by atoms with E-state index in [4.69, 9.17) is 0 Å². The highest BCUT2D eigenvalue weighted by Gasteiger charge is 2.22. The third kappa shape index (κ3) is 5.39. The first-order valence-electron chi connectivity index (χ1n) is 7.63. The normalized spacial score (nSPS) is 18.7. The molecule has 0 bridgehead atoms. The minimum atomic E-state index is 0.662. The molecule has 2 heteroatoms. The molecule has 0 saturated heterocycles. The van der Waals surface area contributed by atoms with Crippen LogP contribution in [0.3, 0.4) is 0 Å². The van der Waals surface area contributed by atoms with Gasteiger partial charge in [-0.25, -0.2) is 0 Å². The maximum Gasteiger partial charge on any atom is 0.0217 e. The fourth-order valence-corrected chi connectivity index (χ4v) is 2.49.